The number of hydrogen-bond donors (Lipinski definition) is 2. The van der Waals surface area contributed by atoms with Gasteiger partial charge in [0.15, 0.2) is 11.5 Å². The molecule has 0 amide bonds. The number of para-hydroxylation sites is 1. The zero-order chi connectivity index (χ0) is 24.7. The van der Waals surface area contributed by atoms with E-state index in [1.54, 1.807) is 24.3 Å². The zero-order valence-electron chi connectivity index (χ0n) is 19.8. The van der Waals surface area contributed by atoms with Crippen molar-refractivity contribution in [1.82, 2.24) is 0 Å². The van der Waals surface area contributed by atoms with Crippen LogP contribution in [0, 0.1) is 27.4 Å². The highest BCUT2D eigenvalue weighted by molar-refractivity contribution is 6.04. The third kappa shape index (κ3) is 3.79. The van der Waals surface area contributed by atoms with Gasteiger partial charge in [0.05, 0.1) is 29.0 Å². The first kappa shape index (κ1) is 23.1. The molecule has 4 atom stereocenters. The van der Waals surface area contributed by atoms with Crippen LogP contribution in [0.2, 0.25) is 0 Å². The van der Waals surface area contributed by atoms with Gasteiger partial charge in [-0.2, -0.15) is 0 Å². The molecule has 3 aliphatic carbocycles. The minimum Gasteiger partial charge on any atom is -0.504 e. The molecule has 2 N–H and O–H groups in total. The molecule has 0 saturated heterocycles. The Bertz CT molecular complexity index is 1230. The minimum atomic E-state index is -0.431. The number of nitrogens with zero attached hydrogens (tertiary/aromatic N) is 3. The van der Waals surface area contributed by atoms with E-state index < -0.39 is 4.92 Å². The maximum absolute atomic E-state index is 11.3. The normalized spacial score (nSPS) is 29.4. The minimum absolute atomic E-state index is 0.0102. The van der Waals surface area contributed by atoms with Gasteiger partial charge in [-0.15, -0.1) is 0 Å². The van der Waals surface area contributed by atoms with Gasteiger partial charge in [-0.3, -0.25) is 10.1 Å². The molecule has 9 heteroatoms. The lowest BCUT2D eigenvalue weighted by Crippen LogP contribution is -2.43. The number of benzene rings is 2. The Morgan fingerprint density at radius 3 is 2.80 bits per heavy atom. The van der Waals surface area contributed by atoms with Gasteiger partial charge in [0, 0.05) is 17.0 Å². The van der Waals surface area contributed by atoms with E-state index in [0.29, 0.717) is 29.4 Å². The number of fused-ring (bicyclic) bond motifs is 5. The molecular formula is C26H29N3O6. The lowest BCUT2D eigenvalue weighted by atomic mass is 9.55. The Kier molecular flexibility index (Phi) is 5.86. The third-order valence-corrected chi connectivity index (χ3v) is 8.37. The highest BCUT2D eigenvalue weighted by Crippen LogP contribution is 2.60. The van der Waals surface area contributed by atoms with Crippen LogP contribution in [0.4, 0.5) is 5.69 Å². The number of oxime groups is 2. The molecule has 35 heavy (non-hydrogen) atoms. The molecule has 3 aliphatic rings. The molecule has 0 bridgehead atoms. The largest absolute Gasteiger partial charge is 0.504 e. The molecule has 0 radical (unpaired) electrons. The molecule has 0 aromatic heterocycles. The maximum atomic E-state index is 11.3. The molecule has 2 fully saturated rings. The molecule has 9 nitrogen and oxygen atoms in total. The first-order valence-electron chi connectivity index (χ1n) is 11.9. The highest BCUT2D eigenvalue weighted by atomic mass is 16.6. The van der Waals surface area contributed by atoms with Gasteiger partial charge in [-0.25, -0.2) is 0 Å². The van der Waals surface area contributed by atoms with Crippen LogP contribution in [0.1, 0.15) is 61.6 Å². The van der Waals surface area contributed by atoms with Crippen molar-refractivity contribution < 1.29 is 24.8 Å². The molecule has 0 heterocycles. The fourth-order valence-corrected chi connectivity index (χ4v) is 6.63. The second-order valence-electron chi connectivity index (χ2n) is 9.93. The van der Waals surface area contributed by atoms with Gasteiger partial charge in [-0.05, 0) is 73.6 Å². The highest BCUT2D eigenvalue weighted by Gasteiger charge is 2.54. The van der Waals surface area contributed by atoms with Crippen molar-refractivity contribution in [1.29, 1.82) is 0 Å². The van der Waals surface area contributed by atoms with E-state index in [9.17, 15) is 20.4 Å². The van der Waals surface area contributed by atoms with E-state index in [4.69, 9.17) is 9.57 Å². The van der Waals surface area contributed by atoms with Crippen molar-refractivity contribution in [2.75, 3.05) is 7.11 Å². The summed E-state index contributed by atoms with van der Waals surface area (Å²) in [7, 11) is 1.53. The van der Waals surface area contributed by atoms with Crippen LogP contribution in [0.3, 0.4) is 0 Å². The van der Waals surface area contributed by atoms with E-state index in [2.05, 4.69) is 17.2 Å². The van der Waals surface area contributed by atoms with Crippen molar-refractivity contribution in [3.63, 3.8) is 0 Å². The average molecular weight is 480 g/mol. The summed E-state index contributed by atoms with van der Waals surface area (Å²) in [5.74, 6) is 1.32. The Morgan fingerprint density at radius 1 is 1.26 bits per heavy atom. The summed E-state index contributed by atoms with van der Waals surface area (Å²) in [6.07, 6.45) is 4.25. The lowest BCUT2D eigenvalue weighted by Gasteiger charge is -2.48. The van der Waals surface area contributed by atoms with Crippen LogP contribution in [-0.4, -0.2) is 33.8 Å². The number of phenols is 1. The first-order valence-corrected chi connectivity index (χ1v) is 11.9. The van der Waals surface area contributed by atoms with Crippen LogP contribution in [0.15, 0.2) is 46.7 Å². The molecule has 0 aliphatic heterocycles. The predicted molar refractivity (Wildman–Crippen MR) is 129 cm³/mol. The third-order valence-electron chi connectivity index (χ3n) is 8.37. The van der Waals surface area contributed by atoms with Crippen LogP contribution < -0.4 is 4.74 Å². The lowest BCUT2D eigenvalue weighted by molar-refractivity contribution is -0.386. The fraction of sp³-hybridized carbons (Fsp3) is 0.462. The average Bonchev–Trinajstić information content (AvgIpc) is 3.20. The number of phenolic OH excluding ortho intramolecular Hbond substituents is 1. The van der Waals surface area contributed by atoms with Crippen molar-refractivity contribution in [3.05, 3.63) is 63.2 Å². The molecule has 184 valence electrons. The van der Waals surface area contributed by atoms with E-state index in [0.717, 1.165) is 42.5 Å². The van der Waals surface area contributed by atoms with Crippen molar-refractivity contribution in [2.45, 2.75) is 51.6 Å². The summed E-state index contributed by atoms with van der Waals surface area (Å²) in [6, 6.07) is 10.0. The Labute approximate surface area is 203 Å². The SMILES string of the molecule is COc1cc2c(cc1O)/C(=N/OCc1ccccc1[N+](=O)[O-])C[C@@H]1[C@@H]2CC[C@]2(C)/C(=N\O)CC[C@@H]12. The monoisotopic (exact) mass is 479 g/mol. The Balaban J connectivity index is 1.51. The Morgan fingerprint density at radius 2 is 2.06 bits per heavy atom. The maximum Gasteiger partial charge on any atom is 0.276 e. The van der Waals surface area contributed by atoms with Crippen LogP contribution in [0.5, 0.6) is 11.5 Å². The molecule has 2 aromatic rings. The molecule has 2 saturated carbocycles. The second kappa shape index (κ2) is 8.87. The number of hydrogen-bond acceptors (Lipinski definition) is 8. The molecule has 2 aromatic carbocycles. The van der Waals surface area contributed by atoms with Gasteiger partial charge in [0.2, 0.25) is 0 Å². The summed E-state index contributed by atoms with van der Waals surface area (Å²) in [6.45, 7) is 2.17. The molecule has 5 rings (SSSR count). The molecule has 0 spiro atoms. The van der Waals surface area contributed by atoms with Gasteiger partial charge in [0.25, 0.3) is 5.69 Å². The van der Waals surface area contributed by atoms with Crippen LogP contribution in [0.25, 0.3) is 0 Å². The van der Waals surface area contributed by atoms with Gasteiger partial charge < -0.3 is 19.9 Å². The van der Waals surface area contributed by atoms with Gasteiger partial charge in [0.1, 0.15) is 6.61 Å². The summed E-state index contributed by atoms with van der Waals surface area (Å²) in [5.41, 5.74) is 3.76. The summed E-state index contributed by atoms with van der Waals surface area (Å²) in [4.78, 5) is 16.6. The van der Waals surface area contributed by atoms with Crippen molar-refractivity contribution in [2.24, 2.45) is 27.6 Å². The first-order chi connectivity index (χ1) is 16.9. The number of ether oxygens (including phenoxy) is 1. The van der Waals surface area contributed by atoms with Crippen LogP contribution in [-0.2, 0) is 11.4 Å². The van der Waals surface area contributed by atoms with E-state index in [1.807, 2.05) is 6.07 Å². The van der Waals surface area contributed by atoms with Crippen molar-refractivity contribution >= 4 is 17.1 Å². The smallest absolute Gasteiger partial charge is 0.276 e. The predicted octanol–water partition coefficient (Wildman–Crippen LogP) is 5.37. The van der Waals surface area contributed by atoms with E-state index in [-0.39, 0.29) is 35.3 Å². The summed E-state index contributed by atoms with van der Waals surface area (Å²) in [5, 5.41) is 39.5. The van der Waals surface area contributed by atoms with E-state index >= 15 is 0 Å². The van der Waals surface area contributed by atoms with Gasteiger partial charge >= 0.3 is 0 Å². The number of nitro groups is 1. The number of nitro benzene ring substituents is 1. The Hall–Kier alpha value is -3.62. The van der Waals surface area contributed by atoms with Crippen LogP contribution >= 0.6 is 0 Å². The summed E-state index contributed by atoms with van der Waals surface area (Å²) < 4.78 is 5.40. The topological polar surface area (TPSA) is 127 Å². The number of methoxy groups -OCH3 is 1. The van der Waals surface area contributed by atoms with E-state index in [1.165, 1.54) is 13.2 Å². The molecular weight excluding hydrogens is 450 g/mol. The number of aromatic hydroxyl groups is 1. The van der Waals surface area contributed by atoms with Crippen molar-refractivity contribution in [3.8, 4) is 11.5 Å². The zero-order valence-corrected chi connectivity index (χ0v) is 19.8. The quantitative estimate of drug-likeness (QED) is 0.337. The number of rotatable bonds is 5. The standard InChI is InChI=1S/C26H29N3O6/c1-26-10-9-16-17-13-24(34-2)23(30)12-19(17)21(11-18(16)20(26)7-8-25(26)27-31)28-35-14-15-5-3-4-6-22(15)29(32)33/h3-6,12-13,16,18,20,30-31H,7-11,14H2,1-2H3/b27-25-,28-21+/t16-,18-,20+,26+/m1/s1. The fourth-order valence-electron chi connectivity index (χ4n) is 6.63. The van der Waals surface area contributed by atoms with Gasteiger partial charge in [-0.1, -0.05) is 29.4 Å². The summed E-state index contributed by atoms with van der Waals surface area (Å²) >= 11 is 0. The molecule has 0 unspecified atom stereocenters. The second-order valence-corrected chi connectivity index (χ2v) is 9.93.